The van der Waals surface area contributed by atoms with Crippen molar-refractivity contribution in [3.8, 4) is 0 Å². The second-order valence-electron chi connectivity index (χ2n) is 4.55. The van der Waals surface area contributed by atoms with Gasteiger partial charge in [-0.05, 0) is 24.5 Å². The van der Waals surface area contributed by atoms with E-state index in [1.54, 1.807) is 0 Å². The molecule has 1 aromatic rings. The molecule has 0 radical (unpaired) electrons. The molecule has 106 valence electrons. The standard InChI is InChI=1S/C15H24N2O2/c1-2-3-10-19-11-6-9-17-15(18)12-13-7-4-5-8-14(13)16/h4-5,7-8H,2-3,6,9-12,16H2,1H3,(H,17,18). The number of para-hydroxylation sites is 1. The highest BCUT2D eigenvalue weighted by Gasteiger charge is 2.04. The van der Waals surface area contributed by atoms with Crippen molar-refractivity contribution in [2.45, 2.75) is 32.6 Å². The minimum absolute atomic E-state index is 0.00598. The van der Waals surface area contributed by atoms with Gasteiger partial charge in [-0.2, -0.15) is 0 Å². The van der Waals surface area contributed by atoms with E-state index >= 15 is 0 Å². The average Bonchev–Trinajstić information content (AvgIpc) is 2.40. The Bertz CT molecular complexity index is 380. The molecule has 1 aromatic carbocycles. The number of benzene rings is 1. The topological polar surface area (TPSA) is 64.3 Å². The van der Waals surface area contributed by atoms with Crippen molar-refractivity contribution in [3.05, 3.63) is 29.8 Å². The van der Waals surface area contributed by atoms with Gasteiger partial charge in [0.25, 0.3) is 0 Å². The fourth-order valence-electron chi connectivity index (χ4n) is 1.68. The molecule has 4 nitrogen and oxygen atoms in total. The van der Waals surface area contributed by atoms with Gasteiger partial charge in [-0.15, -0.1) is 0 Å². The van der Waals surface area contributed by atoms with Gasteiger partial charge in [0.05, 0.1) is 6.42 Å². The molecule has 0 atom stereocenters. The van der Waals surface area contributed by atoms with Crippen LogP contribution in [0.3, 0.4) is 0 Å². The molecule has 3 N–H and O–H groups in total. The minimum Gasteiger partial charge on any atom is -0.398 e. The Kier molecular flexibility index (Phi) is 7.66. The third-order valence-corrected chi connectivity index (χ3v) is 2.84. The molecule has 0 saturated heterocycles. The number of carbonyl (C=O) groups is 1. The third kappa shape index (κ3) is 6.82. The monoisotopic (exact) mass is 264 g/mol. The van der Waals surface area contributed by atoms with Crippen LogP contribution in [0.5, 0.6) is 0 Å². The van der Waals surface area contributed by atoms with Crippen LogP contribution in [-0.4, -0.2) is 25.7 Å². The van der Waals surface area contributed by atoms with Crippen molar-refractivity contribution in [3.63, 3.8) is 0 Å². The van der Waals surface area contributed by atoms with Crippen molar-refractivity contribution < 1.29 is 9.53 Å². The molecule has 0 spiro atoms. The number of carbonyl (C=O) groups excluding carboxylic acids is 1. The number of ether oxygens (including phenoxy) is 1. The number of hydrogen-bond acceptors (Lipinski definition) is 3. The zero-order chi connectivity index (χ0) is 13.9. The first-order valence-electron chi connectivity index (χ1n) is 6.92. The Hall–Kier alpha value is -1.55. The van der Waals surface area contributed by atoms with Crippen LogP contribution in [0.15, 0.2) is 24.3 Å². The number of anilines is 1. The summed E-state index contributed by atoms with van der Waals surface area (Å²) in [4.78, 5) is 11.7. The van der Waals surface area contributed by atoms with E-state index in [2.05, 4.69) is 12.2 Å². The quantitative estimate of drug-likeness (QED) is 0.530. The van der Waals surface area contributed by atoms with Gasteiger partial charge in [0.15, 0.2) is 0 Å². The first kappa shape index (κ1) is 15.5. The molecule has 4 heteroatoms. The van der Waals surface area contributed by atoms with Gasteiger partial charge < -0.3 is 15.8 Å². The number of nitrogens with two attached hydrogens (primary N) is 1. The molecular weight excluding hydrogens is 240 g/mol. The van der Waals surface area contributed by atoms with Crippen LogP contribution >= 0.6 is 0 Å². The molecule has 0 saturated carbocycles. The molecule has 0 aromatic heterocycles. The SMILES string of the molecule is CCCCOCCCNC(=O)Cc1ccccc1N. The molecule has 0 aliphatic rings. The highest BCUT2D eigenvalue weighted by molar-refractivity contribution is 5.80. The van der Waals surface area contributed by atoms with E-state index < -0.39 is 0 Å². The number of unbranched alkanes of at least 4 members (excludes halogenated alkanes) is 1. The summed E-state index contributed by atoms with van der Waals surface area (Å²) >= 11 is 0. The first-order chi connectivity index (χ1) is 9.24. The number of hydrogen-bond donors (Lipinski definition) is 2. The van der Waals surface area contributed by atoms with Gasteiger partial charge in [0.2, 0.25) is 5.91 Å². The second kappa shape index (κ2) is 9.39. The van der Waals surface area contributed by atoms with E-state index in [1.807, 2.05) is 24.3 Å². The van der Waals surface area contributed by atoms with Crippen LogP contribution in [0.1, 0.15) is 31.7 Å². The van der Waals surface area contributed by atoms with Crippen molar-refractivity contribution in [2.75, 3.05) is 25.5 Å². The zero-order valence-electron chi connectivity index (χ0n) is 11.7. The number of nitrogens with one attached hydrogen (secondary N) is 1. The van der Waals surface area contributed by atoms with Gasteiger partial charge in [-0.25, -0.2) is 0 Å². The summed E-state index contributed by atoms with van der Waals surface area (Å²) in [6.07, 6.45) is 3.43. The van der Waals surface area contributed by atoms with Crippen molar-refractivity contribution >= 4 is 11.6 Å². The van der Waals surface area contributed by atoms with E-state index in [4.69, 9.17) is 10.5 Å². The van der Waals surface area contributed by atoms with Crippen molar-refractivity contribution in [2.24, 2.45) is 0 Å². The Labute approximate surface area is 115 Å². The number of amides is 1. The lowest BCUT2D eigenvalue weighted by Crippen LogP contribution is -2.27. The number of nitrogen functional groups attached to an aromatic ring is 1. The van der Waals surface area contributed by atoms with Crippen LogP contribution in [0, 0.1) is 0 Å². The third-order valence-electron chi connectivity index (χ3n) is 2.84. The lowest BCUT2D eigenvalue weighted by atomic mass is 10.1. The molecule has 0 unspecified atom stereocenters. The summed E-state index contributed by atoms with van der Waals surface area (Å²) in [5.74, 6) is 0.00598. The summed E-state index contributed by atoms with van der Waals surface area (Å²) in [5.41, 5.74) is 7.33. The van der Waals surface area contributed by atoms with Crippen molar-refractivity contribution in [1.29, 1.82) is 0 Å². The fraction of sp³-hybridized carbons (Fsp3) is 0.533. The smallest absolute Gasteiger partial charge is 0.224 e. The summed E-state index contributed by atoms with van der Waals surface area (Å²) in [7, 11) is 0. The maximum atomic E-state index is 11.7. The molecular formula is C15H24N2O2. The predicted molar refractivity (Wildman–Crippen MR) is 77.9 cm³/mol. The Morgan fingerprint density at radius 1 is 1.26 bits per heavy atom. The van der Waals surface area contributed by atoms with Crippen molar-refractivity contribution in [1.82, 2.24) is 5.32 Å². The molecule has 0 fully saturated rings. The Morgan fingerprint density at radius 3 is 2.74 bits per heavy atom. The van der Waals surface area contributed by atoms with Crippen LogP contribution in [0.2, 0.25) is 0 Å². The summed E-state index contributed by atoms with van der Waals surface area (Å²) < 4.78 is 5.42. The molecule has 1 rings (SSSR count). The van der Waals surface area contributed by atoms with Gasteiger partial charge >= 0.3 is 0 Å². The van der Waals surface area contributed by atoms with E-state index in [0.717, 1.165) is 31.4 Å². The maximum absolute atomic E-state index is 11.7. The first-order valence-corrected chi connectivity index (χ1v) is 6.92. The molecule has 0 heterocycles. The van der Waals surface area contributed by atoms with Gasteiger partial charge in [0, 0.05) is 25.4 Å². The van der Waals surface area contributed by atoms with Crippen LogP contribution in [0.4, 0.5) is 5.69 Å². The van der Waals surface area contributed by atoms with Gasteiger partial charge in [0.1, 0.15) is 0 Å². The van der Waals surface area contributed by atoms with Gasteiger partial charge in [-0.3, -0.25) is 4.79 Å². The molecule has 0 aliphatic carbocycles. The maximum Gasteiger partial charge on any atom is 0.224 e. The highest BCUT2D eigenvalue weighted by Crippen LogP contribution is 2.10. The summed E-state index contributed by atoms with van der Waals surface area (Å²) in [6, 6.07) is 7.44. The Balaban J connectivity index is 2.10. The van der Waals surface area contributed by atoms with E-state index in [1.165, 1.54) is 0 Å². The number of rotatable bonds is 9. The minimum atomic E-state index is 0.00598. The lowest BCUT2D eigenvalue weighted by molar-refractivity contribution is -0.120. The average molecular weight is 264 g/mol. The van der Waals surface area contributed by atoms with Gasteiger partial charge in [-0.1, -0.05) is 31.5 Å². The zero-order valence-corrected chi connectivity index (χ0v) is 11.7. The normalized spacial score (nSPS) is 10.4. The lowest BCUT2D eigenvalue weighted by Gasteiger charge is -2.07. The van der Waals surface area contributed by atoms with Crippen LogP contribution in [0.25, 0.3) is 0 Å². The van der Waals surface area contributed by atoms with Crippen LogP contribution < -0.4 is 11.1 Å². The summed E-state index contributed by atoms with van der Waals surface area (Å²) in [6.45, 7) is 4.30. The molecule has 19 heavy (non-hydrogen) atoms. The van der Waals surface area contributed by atoms with E-state index in [-0.39, 0.29) is 5.91 Å². The van der Waals surface area contributed by atoms with E-state index in [0.29, 0.717) is 25.3 Å². The molecule has 0 aliphatic heterocycles. The fourth-order valence-corrected chi connectivity index (χ4v) is 1.68. The second-order valence-corrected chi connectivity index (χ2v) is 4.55. The Morgan fingerprint density at radius 2 is 2.00 bits per heavy atom. The molecule has 1 amide bonds. The summed E-state index contributed by atoms with van der Waals surface area (Å²) in [5, 5.41) is 2.87. The van der Waals surface area contributed by atoms with Crippen LogP contribution in [-0.2, 0) is 16.0 Å². The predicted octanol–water partition coefficient (Wildman–Crippen LogP) is 2.13. The highest BCUT2D eigenvalue weighted by atomic mass is 16.5. The molecule has 0 bridgehead atoms. The van der Waals surface area contributed by atoms with E-state index in [9.17, 15) is 4.79 Å². The largest absolute Gasteiger partial charge is 0.398 e.